The van der Waals surface area contributed by atoms with Crippen LogP contribution in [-0.4, -0.2) is 11.6 Å². The van der Waals surface area contributed by atoms with Crippen molar-refractivity contribution >= 4 is 22.4 Å². The van der Waals surface area contributed by atoms with Crippen molar-refractivity contribution in [2.45, 2.75) is 19.1 Å². The molecule has 5 heteroatoms. The number of thioether (sulfide) groups is 1. The summed E-state index contributed by atoms with van der Waals surface area (Å²) in [6, 6.07) is 8.57. The standard InChI is InChI=1S/C19H16F3NS/c1-12-9-14(20)5-6-15(12)13-7-8-23-19(10-13)24-11-16-17(21)3-2-4-18(16)22/h2-6,9-10H,7-8,11H2,1H3. The average Bonchev–Trinajstić information content (AvgIpc) is 2.54. The number of rotatable bonds is 3. The summed E-state index contributed by atoms with van der Waals surface area (Å²) in [4.78, 5) is 4.41. The molecular weight excluding hydrogens is 331 g/mol. The molecule has 1 aliphatic rings. The van der Waals surface area contributed by atoms with Gasteiger partial charge >= 0.3 is 0 Å². The molecule has 2 aromatic rings. The Kier molecular flexibility index (Phi) is 5.09. The van der Waals surface area contributed by atoms with Crippen molar-refractivity contribution in [3.63, 3.8) is 0 Å². The van der Waals surface area contributed by atoms with E-state index < -0.39 is 11.6 Å². The Morgan fingerprint density at radius 3 is 2.54 bits per heavy atom. The summed E-state index contributed by atoms with van der Waals surface area (Å²) in [5.74, 6) is -1.16. The number of hydrogen-bond donors (Lipinski definition) is 0. The molecule has 0 bridgehead atoms. The summed E-state index contributed by atoms with van der Waals surface area (Å²) >= 11 is 1.31. The van der Waals surface area contributed by atoms with Gasteiger partial charge in [-0.15, -0.1) is 11.8 Å². The van der Waals surface area contributed by atoms with Crippen LogP contribution in [0.5, 0.6) is 0 Å². The van der Waals surface area contributed by atoms with E-state index in [1.54, 1.807) is 6.07 Å². The van der Waals surface area contributed by atoms with Crippen molar-refractivity contribution in [1.82, 2.24) is 0 Å². The van der Waals surface area contributed by atoms with E-state index in [9.17, 15) is 13.2 Å². The van der Waals surface area contributed by atoms with Crippen molar-refractivity contribution in [2.75, 3.05) is 6.54 Å². The molecule has 0 saturated heterocycles. The lowest BCUT2D eigenvalue weighted by Gasteiger charge is -2.15. The molecule has 0 amide bonds. The van der Waals surface area contributed by atoms with Crippen LogP contribution in [0, 0.1) is 24.4 Å². The molecule has 0 N–H and O–H groups in total. The van der Waals surface area contributed by atoms with Crippen molar-refractivity contribution in [1.29, 1.82) is 0 Å². The predicted molar refractivity (Wildman–Crippen MR) is 93.7 cm³/mol. The van der Waals surface area contributed by atoms with Gasteiger partial charge < -0.3 is 0 Å². The van der Waals surface area contributed by atoms with E-state index in [2.05, 4.69) is 4.99 Å². The number of dihydropyridines is 1. The quantitative estimate of drug-likeness (QED) is 0.711. The third-order valence-electron chi connectivity index (χ3n) is 3.91. The summed E-state index contributed by atoms with van der Waals surface area (Å²) in [6.07, 6.45) is 2.69. The van der Waals surface area contributed by atoms with Gasteiger partial charge in [0.2, 0.25) is 0 Å². The first-order chi connectivity index (χ1) is 11.5. The second-order valence-electron chi connectivity index (χ2n) is 5.59. The maximum Gasteiger partial charge on any atom is 0.130 e. The normalized spacial score (nSPS) is 14.3. The molecule has 0 atom stereocenters. The van der Waals surface area contributed by atoms with Gasteiger partial charge in [0.05, 0.1) is 5.04 Å². The van der Waals surface area contributed by atoms with E-state index in [1.165, 1.54) is 42.1 Å². The molecule has 2 aromatic carbocycles. The highest BCUT2D eigenvalue weighted by Crippen LogP contribution is 2.29. The maximum atomic E-state index is 13.7. The van der Waals surface area contributed by atoms with E-state index in [4.69, 9.17) is 0 Å². The van der Waals surface area contributed by atoms with E-state index in [0.29, 0.717) is 6.54 Å². The molecule has 1 nitrogen and oxygen atoms in total. The summed E-state index contributed by atoms with van der Waals surface area (Å²) in [5, 5.41) is 0.739. The first-order valence-corrected chi connectivity index (χ1v) is 8.60. The monoisotopic (exact) mass is 347 g/mol. The molecule has 0 aliphatic carbocycles. The molecular formula is C19H16F3NS. The minimum atomic E-state index is -0.544. The van der Waals surface area contributed by atoms with Crippen LogP contribution in [0.1, 0.15) is 23.1 Å². The van der Waals surface area contributed by atoms with E-state index in [0.717, 1.165) is 28.2 Å². The molecule has 0 spiro atoms. The smallest absolute Gasteiger partial charge is 0.130 e. The lowest BCUT2D eigenvalue weighted by Crippen LogP contribution is -2.04. The highest BCUT2D eigenvalue weighted by atomic mass is 32.2. The fourth-order valence-corrected chi connectivity index (χ4v) is 3.63. The third kappa shape index (κ3) is 3.73. The number of nitrogens with zero attached hydrogens (tertiary/aromatic N) is 1. The number of aryl methyl sites for hydroxylation is 1. The SMILES string of the molecule is Cc1cc(F)ccc1C1=CC(SCc2c(F)cccc2F)=NCC1. The highest BCUT2D eigenvalue weighted by molar-refractivity contribution is 8.13. The zero-order chi connectivity index (χ0) is 17.1. The molecule has 0 aromatic heterocycles. The minimum absolute atomic E-state index is 0.0590. The highest BCUT2D eigenvalue weighted by Gasteiger charge is 2.14. The van der Waals surface area contributed by atoms with Gasteiger partial charge in [0.25, 0.3) is 0 Å². The molecule has 24 heavy (non-hydrogen) atoms. The van der Waals surface area contributed by atoms with Crippen LogP contribution in [0.2, 0.25) is 0 Å². The Labute approximate surface area is 143 Å². The number of hydrogen-bond acceptors (Lipinski definition) is 2. The fraction of sp³-hybridized carbons (Fsp3) is 0.211. The Balaban J connectivity index is 1.77. The van der Waals surface area contributed by atoms with Gasteiger partial charge in [-0.3, -0.25) is 4.99 Å². The number of aliphatic imine (C=N–C) groups is 1. The van der Waals surface area contributed by atoms with Gasteiger partial charge in [0, 0.05) is 17.9 Å². The molecule has 124 valence electrons. The largest absolute Gasteiger partial charge is 0.278 e. The molecule has 3 rings (SSSR count). The predicted octanol–water partition coefficient (Wildman–Crippen LogP) is 5.53. The summed E-state index contributed by atoms with van der Waals surface area (Å²) in [6.45, 7) is 2.48. The van der Waals surface area contributed by atoms with Crippen molar-refractivity contribution in [2.24, 2.45) is 4.99 Å². The van der Waals surface area contributed by atoms with Crippen LogP contribution in [0.4, 0.5) is 13.2 Å². The molecule has 1 aliphatic heterocycles. The Hall–Kier alpha value is -2.01. The van der Waals surface area contributed by atoms with E-state index >= 15 is 0 Å². The average molecular weight is 347 g/mol. The zero-order valence-electron chi connectivity index (χ0n) is 13.2. The Morgan fingerprint density at radius 1 is 1.08 bits per heavy atom. The van der Waals surface area contributed by atoms with Gasteiger partial charge in [0.1, 0.15) is 17.5 Å². The topological polar surface area (TPSA) is 12.4 Å². The maximum absolute atomic E-state index is 13.7. The lowest BCUT2D eigenvalue weighted by molar-refractivity contribution is 0.566. The molecule has 0 saturated carbocycles. The second kappa shape index (κ2) is 7.26. The Bertz CT molecular complexity index is 807. The van der Waals surface area contributed by atoms with E-state index in [1.807, 2.05) is 13.0 Å². The van der Waals surface area contributed by atoms with Crippen molar-refractivity contribution in [3.8, 4) is 0 Å². The van der Waals surface area contributed by atoms with Crippen LogP contribution in [0.25, 0.3) is 5.57 Å². The van der Waals surface area contributed by atoms with Gasteiger partial charge in [-0.1, -0.05) is 12.1 Å². The summed E-state index contributed by atoms with van der Waals surface area (Å²) < 4.78 is 40.6. The van der Waals surface area contributed by atoms with Crippen molar-refractivity contribution in [3.05, 3.63) is 76.6 Å². The molecule has 0 fully saturated rings. The fourth-order valence-electron chi connectivity index (χ4n) is 2.66. The number of benzene rings is 2. The van der Waals surface area contributed by atoms with Crippen LogP contribution in [-0.2, 0) is 5.75 Å². The van der Waals surface area contributed by atoms with Crippen LogP contribution < -0.4 is 0 Å². The van der Waals surface area contributed by atoms with Gasteiger partial charge in [-0.25, -0.2) is 13.2 Å². The zero-order valence-corrected chi connectivity index (χ0v) is 14.0. The second-order valence-corrected chi connectivity index (χ2v) is 6.58. The van der Waals surface area contributed by atoms with E-state index in [-0.39, 0.29) is 17.1 Å². The Morgan fingerprint density at radius 2 is 1.83 bits per heavy atom. The van der Waals surface area contributed by atoms with Crippen LogP contribution in [0.3, 0.4) is 0 Å². The van der Waals surface area contributed by atoms with Crippen LogP contribution in [0.15, 0.2) is 47.5 Å². The third-order valence-corrected chi connectivity index (χ3v) is 4.88. The van der Waals surface area contributed by atoms with Gasteiger partial charge in [-0.2, -0.15) is 0 Å². The molecule has 0 unspecified atom stereocenters. The summed E-state index contributed by atoms with van der Waals surface area (Å²) in [5.41, 5.74) is 2.98. The van der Waals surface area contributed by atoms with Crippen LogP contribution >= 0.6 is 11.8 Å². The van der Waals surface area contributed by atoms with Crippen molar-refractivity contribution < 1.29 is 13.2 Å². The molecule has 1 heterocycles. The first kappa shape index (κ1) is 16.8. The lowest BCUT2D eigenvalue weighted by atomic mass is 9.97. The summed E-state index contributed by atoms with van der Waals surface area (Å²) in [7, 11) is 0. The minimum Gasteiger partial charge on any atom is -0.278 e. The van der Waals surface area contributed by atoms with Gasteiger partial charge in [-0.05, 0) is 60.4 Å². The van der Waals surface area contributed by atoms with Gasteiger partial charge in [0.15, 0.2) is 0 Å². The number of halogens is 3. The first-order valence-electron chi connectivity index (χ1n) is 7.62. The molecule has 0 radical (unpaired) electrons.